The number of nitrogens with one attached hydrogen (secondary N) is 1. The van der Waals surface area contributed by atoms with Gasteiger partial charge >= 0.3 is 0 Å². The Hall–Kier alpha value is -2.82. The summed E-state index contributed by atoms with van der Waals surface area (Å²) in [7, 11) is 5.85. The molecule has 5 nitrogen and oxygen atoms in total. The van der Waals surface area contributed by atoms with E-state index in [9.17, 15) is 4.79 Å². The lowest BCUT2D eigenvalue weighted by Gasteiger charge is -2.16. The summed E-state index contributed by atoms with van der Waals surface area (Å²) < 4.78 is 1.99. The highest BCUT2D eigenvalue weighted by molar-refractivity contribution is 6.02. The first-order chi connectivity index (χ1) is 11.9. The number of amides is 1. The molecule has 3 rings (SSSR count). The number of carbonyl (C=O) groups is 1. The van der Waals surface area contributed by atoms with Crippen LogP contribution >= 0.6 is 0 Å². The van der Waals surface area contributed by atoms with Crippen molar-refractivity contribution in [1.82, 2.24) is 14.9 Å². The first-order valence-electron chi connectivity index (χ1n) is 8.35. The van der Waals surface area contributed by atoms with Gasteiger partial charge in [-0.05, 0) is 31.0 Å². The van der Waals surface area contributed by atoms with Crippen molar-refractivity contribution in [3.8, 4) is 0 Å². The molecule has 2 heterocycles. The molecule has 0 unspecified atom stereocenters. The van der Waals surface area contributed by atoms with E-state index in [1.807, 2.05) is 55.7 Å². The maximum Gasteiger partial charge on any atom is 0.268 e. The van der Waals surface area contributed by atoms with E-state index in [0.29, 0.717) is 12.2 Å². The Morgan fingerprint density at radius 3 is 2.64 bits per heavy atom. The van der Waals surface area contributed by atoms with Crippen LogP contribution in [0.1, 0.15) is 27.2 Å². The number of anilines is 1. The van der Waals surface area contributed by atoms with E-state index in [1.165, 1.54) is 5.56 Å². The van der Waals surface area contributed by atoms with E-state index in [-0.39, 0.29) is 5.91 Å². The highest BCUT2D eigenvalue weighted by Crippen LogP contribution is 2.27. The Bertz CT molecular complexity index is 940. The van der Waals surface area contributed by atoms with Gasteiger partial charge in [0.2, 0.25) is 0 Å². The Morgan fingerprint density at radius 2 is 1.96 bits per heavy atom. The summed E-state index contributed by atoms with van der Waals surface area (Å²) >= 11 is 0. The molecule has 0 bridgehead atoms. The minimum Gasteiger partial charge on any atom is -0.362 e. The van der Waals surface area contributed by atoms with Crippen molar-refractivity contribution in [2.45, 2.75) is 20.4 Å². The van der Waals surface area contributed by atoms with Gasteiger partial charge in [0.05, 0.1) is 5.52 Å². The van der Waals surface area contributed by atoms with Gasteiger partial charge in [-0.15, -0.1) is 0 Å². The van der Waals surface area contributed by atoms with Gasteiger partial charge in [-0.1, -0.05) is 24.3 Å². The number of rotatable bonds is 4. The second-order valence-electron chi connectivity index (χ2n) is 6.57. The molecule has 0 fully saturated rings. The van der Waals surface area contributed by atoms with Gasteiger partial charge in [0.15, 0.2) is 0 Å². The van der Waals surface area contributed by atoms with Crippen LogP contribution in [0.3, 0.4) is 0 Å². The number of para-hydroxylation sites is 1. The van der Waals surface area contributed by atoms with Crippen molar-refractivity contribution >= 4 is 22.6 Å². The zero-order chi connectivity index (χ0) is 18.1. The number of hydrogen-bond acceptors (Lipinski definition) is 3. The van der Waals surface area contributed by atoms with Gasteiger partial charge in [0.25, 0.3) is 5.91 Å². The Morgan fingerprint density at radius 1 is 1.20 bits per heavy atom. The lowest BCUT2D eigenvalue weighted by atomic mass is 10.1. The van der Waals surface area contributed by atoms with Crippen LogP contribution in [-0.2, 0) is 13.6 Å². The second-order valence-corrected chi connectivity index (χ2v) is 6.57. The van der Waals surface area contributed by atoms with Crippen molar-refractivity contribution in [3.63, 3.8) is 0 Å². The van der Waals surface area contributed by atoms with Crippen LogP contribution in [0.4, 0.5) is 5.82 Å². The predicted molar refractivity (Wildman–Crippen MR) is 102 cm³/mol. The van der Waals surface area contributed by atoms with Crippen LogP contribution in [0, 0.1) is 13.8 Å². The molecule has 3 aromatic rings. The number of fused-ring (bicyclic) bond motifs is 1. The van der Waals surface area contributed by atoms with Crippen molar-refractivity contribution in [1.29, 1.82) is 0 Å². The molecular formula is C20H24N4O. The third-order valence-electron chi connectivity index (χ3n) is 4.61. The smallest absolute Gasteiger partial charge is 0.268 e. The summed E-state index contributed by atoms with van der Waals surface area (Å²) in [6, 6.07) is 10.1. The van der Waals surface area contributed by atoms with Crippen molar-refractivity contribution < 1.29 is 4.79 Å². The average molecular weight is 336 g/mol. The van der Waals surface area contributed by atoms with Crippen molar-refractivity contribution in [2.75, 3.05) is 19.0 Å². The monoisotopic (exact) mass is 336 g/mol. The molecule has 2 aromatic heterocycles. The molecule has 0 saturated carbocycles. The first kappa shape index (κ1) is 17.0. The van der Waals surface area contributed by atoms with Gasteiger partial charge in [0.1, 0.15) is 11.5 Å². The fourth-order valence-electron chi connectivity index (χ4n) is 3.45. The van der Waals surface area contributed by atoms with Gasteiger partial charge in [-0.25, -0.2) is 4.98 Å². The fourth-order valence-corrected chi connectivity index (χ4v) is 3.45. The summed E-state index contributed by atoms with van der Waals surface area (Å²) in [5.74, 6) is 0.802. The summed E-state index contributed by atoms with van der Waals surface area (Å²) in [6.45, 7) is 4.52. The maximum atomic E-state index is 12.9. The van der Waals surface area contributed by atoms with Crippen LogP contribution in [0.2, 0.25) is 0 Å². The SMILES string of the molecule is Cc1c(C(=O)NCc2cccnc2N(C)C)n(C)c2c(C)cccc12. The van der Waals surface area contributed by atoms with Crippen LogP contribution in [0.15, 0.2) is 36.5 Å². The quantitative estimate of drug-likeness (QED) is 0.796. The van der Waals surface area contributed by atoms with E-state index in [0.717, 1.165) is 27.8 Å². The number of aryl methyl sites for hydroxylation is 3. The number of carbonyl (C=O) groups excluding carboxylic acids is 1. The first-order valence-corrected chi connectivity index (χ1v) is 8.35. The third-order valence-corrected chi connectivity index (χ3v) is 4.61. The van der Waals surface area contributed by atoms with Crippen LogP contribution in [0.25, 0.3) is 10.9 Å². The molecule has 25 heavy (non-hydrogen) atoms. The van der Waals surface area contributed by atoms with Gasteiger partial charge < -0.3 is 14.8 Å². The molecule has 1 amide bonds. The molecule has 0 atom stereocenters. The van der Waals surface area contributed by atoms with E-state index >= 15 is 0 Å². The van der Waals surface area contributed by atoms with E-state index in [4.69, 9.17) is 0 Å². The summed E-state index contributed by atoms with van der Waals surface area (Å²) in [4.78, 5) is 19.2. The van der Waals surface area contributed by atoms with Crippen LogP contribution in [-0.4, -0.2) is 29.6 Å². The normalized spacial score (nSPS) is 10.9. The van der Waals surface area contributed by atoms with Crippen molar-refractivity contribution in [2.24, 2.45) is 7.05 Å². The molecule has 0 aliphatic heterocycles. The highest BCUT2D eigenvalue weighted by Gasteiger charge is 2.19. The van der Waals surface area contributed by atoms with Crippen LogP contribution in [0.5, 0.6) is 0 Å². The highest BCUT2D eigenvalue weighted by atomic mass is 16.1. The number of nitrogens with zero attached hydrogens (tertiary/aromatic N) is 3. The minimum atomic E-state index is -0.0656. The lowest BCUT2D eigenvalue weighted by molar-refractivity contribution is 0.0942. The third kappa shape index (κ3) is 2.97. The topological polar surface area (TPSA) is 50.2 Å². The van der Waals surface area contributed by atoms with Gasteiger partial charge in [-0.3, -0.25) is 4.79 Å². The van der Waals surface area contributed by atoms with Gasteiger partial charge in [0, 0.05) is 44.8 Å². The molecule has 1 N–H and O–H groups in total. The number of aromatic nitrogens is 2. The number of benzene rings is 1. The summed E-state index contributed by atoms with van der Waals surface area (Å²) in [5, 5.41) is 4.17. The van der Waals surface area contributed by atoms with Gasteiger partial charge in [-0.2, -0.15) is 0 Å². The second kappa shape index (κ2) is 6.59. The molecule has 0 spiro atoms. The number of pyridine rings is 1. The van der Waals surface area contributed by atoms with E-state index in [1.54, 1.807) is 6.20 Å². The Balaban J connectivity index is 1.91. The number of hydrogen-bond donors (Lipinski definition) is 1. The van der Waals surface area contributed by atoms with E-state index in [2.05, 4.69) is 29.4 Å². The molecule has 130 valence electrons. The Kier molecular flexibility index (Phi) is 4.49. The molecule has 1 aromatic carbocycles. The molecule has 0 aliphatic carbocycles. The molecule has 5 heteroatoms. The van der Waals surface area contributed by atoms with Crippen molar-refractivity contribution in [3.05, 3.63) is 58.9 Å². The standard InChI is InChI=1S/C20H24N4O/c1-13-8-6-10-16-14(2)18(24(5)17(13)16)20(25)22-12-15-9-7-11-21-19(15)23(3)4/h6-11H,12H2,1-5H3,(H,22,25). The fraction of sp³-hybridized carbons (Fsp3) is 0.300. The molecule has 0 radical (unpaired) electrons. The maximum absolute atomic E-state index is 12.9. The van der Waals surface area contributed by atoms with E-state index < -0.39 is 0 Å². The predicted octanol–water partition coefficient (Wildman–Crippen LogP) is 3.19. The lowest BCUT2D eigenvalue weighted by Crippen LogP contribution is -2.27. The minimum absolute atomic E-state index is 0.0656. The Labute approximate surface area is 148 Å². The average Bonchev–Trinajstić information content (AvgIpc) is 2.85. The molecule has 0 saturated heterocycles. The summed E-state index contributed by atoms with van der Waals surface area (Å²) in [5.41, 5.74) is 5.00. The zero-order valence-electron chi connectivity index (χ0n) is 15.4. The zero-order valence-corrected chi connectivity index (χ0v) is 15.4. The molecular weight excluding hydrogens is 312 g/mol. The largest absolute Gasteiger partial charge is 0.362 e. The molecule has 0 aliphatic rings. The summed E-state index contributed by atoms with van der Waals surface area (Å²) in [6.07, 6.45) is 1.76. The van der Waals surface area contributed by atoms with Crippen LogP contribution < -0.4 is 10.2 Å².